The number of benzene rings is 1. The molecule has 0 aliphatic carbocycles. The van der Waals surface area contributed by atoms with Crippen LogP contribution in [0, 0.1) is 28.0 Å². The average Bonchev–Trinajstić information content (AvgIpc) is 2.98. The Hall–Kier alpha value is -2.88. The first kappa shape index (κ1) is 16.0. The van der Waals surface area contributed by atoms with Crippen LogP contribution in [-0.4, -0.2) is 25.7 Å². The van der Waals surface area contributed by atoms with Gasteiger partial charge in [0.25, 0.3) is 5.91 Å². The fourth-order valence-corrected chi connectivity index (χ4v) is 2.24. The van der Waals surface area contributed by atoms with E-state index in [1.807, 2.05) is 0 Å². The van der Waals surface area contributed by atoms with E-state index < -0.39 is 34.7 Å². The van der Waals surface area contributed by atoms with Crippen molar-refractivity contribution in [3.05, 3.63) is 64.2 Å². The molecule has 0 saturated carbocycles. The third-order valence-electron chi connectivity index (χ3n) is 3.15. The van der Waals surface area contributed by atoms with Gasteiger partial charge in [-0.1, -0.05) is 0 Å². The predicted octanol–water partition coefficient (Wildman–Crippen LogP) is 3.25. The number of hydrogen-bond donors (Lipinski definition) is 1. The van der Waals surface area contributed by atoms with Gasteiger partial charge in [-0.3, -0.25) is 14.9 Å². The molecule has 0 aliphatic rings. The van der Waals surface area contributed by atoms with E-state index in [-0.39, 0.29) is 16.7 Å². The van der Waals surface area contributed by atoms with Crippen molar-refractivity contribution in [3.63, 3.8) is 0 Å². The fourth-order valence-electron chi connectivity index (χ4n) is 2.03. The molecule has 10 heteroatoms. The lowest BCUT2D eigenvalue weighted by molar-refractivity contribution is 0.0954. The van der Waals surface area contributed by atoms with Crippen LogP contribution < -0.4 is 0 Å². The lowest BCUT2D eigenvalue weighted by Gasteiger charge is -2.08. The van der Waals surface area contributed by atoms with E-state index in [0.29, 0.717) is 5.56 Å². The first-order chi connectivity index (χ1) is 11.4. The molecule has 0 spiro atoms. The summed E-state index contributed by atoms with van der Waals surface area (Å²) < 4.78 is 54.1. The molecular weight excluding hydrogens is 348 g/mol. The number of aromatic amines is 1. The molecule has 2 heterocycles. The van der Waals surface area contributed by atoms with Crippen molar-refractivity contribution in [3.8, 4) is 11.4 Å². The highest BCUT2D eigenvalue weighted by Gasteiger charge is 2.26. The van der Waals surface area contributed by atoms with Gasteiger partial charge in [0.1, 0.15) is 0 Å². The topological polar surface area (TPSA) is 63.6 Å². The summed E-state index contributed by atoms with van der Waals surface area (Å²) in [6, 6.07) is 3.26. The number of halogens is 4. The number of carbonyl (C=O) groups is 1. The SMILES string of the molecule is O=C(c1cc(F)c(F)c(F)c1F)n1c(-c2ccncc2)n[nH]c1=S. The molecule has 0 atom stereocenters. The molecule has 3 rings (SSSR count). The Kier molecular flexibility index (Phi) is 3.97. The molecule has 3 aromatic rings. The summed E-state index contributed by atoms with van der Waals surface area (Å²) in [6.45, 7) is 0. The quantitative estimate of drug-likeness (QED) is 0.332. The third kappa shape index (κ3) is 2.50. The number of H-pyrrole nitrogens is 1. The molecule has 2 aromatic heterocycles. The number of nitrogens with one attached hydrogen (secondary N) is 1. The van der Waals surface area contributed by atoms with Crippen LogP contribution in [0.2, 0.25) is 0 Å². The molecule has 1 aromatic carbocycles. The number of aromatic nitrogens is 4. The van der Waals surface area contributed by atoms with Crippen molar-refractivity contribution >= 4 is 18.1 Å². The molecule has 0 unspecified atom stereocenters. The highest BCUT2D eigenvalue weighted by atomic mass is 32.1. The summed E-state index contributed by atoms with van der Waals surface area (Å²) in [5, 5.41) is 6.17. The minimum atomic E-state index is -2.08. The van der Waals surface area contributed by atoms with E-state index in [0.717, 1.165) is 4.57 Å². The van der Waals surface area contributed by atoms with Crippen molar-refractivity contribution in [1.82, 2.24) is 19.7 Å². The van der Waals surface area contributed by atoms with Crippen LogP contribution in [0.1, 0.15) is 10.4 Å². The van der Waals surface area contributed by atoms with Crippen LogP contribution in [0.5, 0.6) is 0 Å². The molecule has 5 nitrogen and oxygen atoms in total. The normalized spacial score (nSPS) is 10.8. The zero-order valence-corrected chi connectivity index (χ0v) is 12.4. The maximum Gasteiger partial charge on any atom is 0.269 e. The number of hydrogen-bond acceptors (Lipinski definition) is 4. The maximum absolute atomic E-state index is 13.9. The summed E-state index contributed by atoms with van der Waals surface area (Å²) in [6.07, 6.45) is 2.83. The zero-order valence-electron chi connectivity index (χ0n) is 11.6. The Balaban J connectivity index is 2.20. The van der Waals surface area contributed by atoms with Crippen LogP contribution in [0.25, 0.3) is 11.4 Å². The number of nitrogens with zero attached hydrogens (tertiary/aromatic N) is 3. The Labute approximate surface area is 136 Å². The molecule has 24 heavy (non-hydrogen) atoms. The Morgan fingerprint density at radius 2 is 1.75 bits per heavy atom. The molecule has 0 fully saturated rings. The highest BCUT2D eigenvalue weighted by molar-refractivity contribution is 7.71. The first-order valence-electron chi connectivity index (χ1n) is 6.37. The van der Waals surface area contributed by atoms with E-state index in [1.165, 1.54) is 24.5 Å². The summed E-state index contributed by atoms with van der Waals surface area (Å²) in [7, 11) is 0. The van der Waals surface area contributed by atoms with Crippen molar-refractivity contribution < 1.29 is 22.4 Å². The van der Waals surface area contributed by atoms with Gasteiger partial charge in [-0.05, 0) is 30.4 Å². The average molecular weight is 354 g/mol. The summed E-state index contributed by atoms with van der Waals surface area (Å²) in [4.78, 5) is 16.3. The lowest BCUT2D eigenvalue weighted by Crippen LogP contribution is -2.17. The number of pyridine rings is 1. The van der Waals surface area contributed by atoms with Gasteiger partial charge >= 0.3 is 0 Å². The van der Waals surface area contributed by atoms with Crippen molar-refractivity contribution in [2.75, 3.05) is 0 Å². The van der Waals surface area contributed by atoms with E-state index in [2.05, 4.69) is 15.2 Å². The second-order valence-electron chi connectivity index (χ2n) is 4.58. The fraction of sp³-hybridized carbons (Fsp3) is 0. The highest BCUT2D eigenvalue weighted by Crippen LogP contribution is 2.22. The monoisotopic (exact) mass is 354 g/mol. The number of rotatable bonds is 2. The summed E-state index contributed by atoms with van der Waals surface area (Å²) >= 11 is 4.91. The van der Waals surface area contributed by atoms with Gasteiger partial charge < -0.3 is 0 Å². The summed E-state index contributed by atoms with van der Waals surface area (Å²) in [5.74, 6) is -8.82. The van der Waals surface area contributed by atoms with E-state index in [1.54, 1.807) is 0 Å². The maximum atomic E-state index is 13.9. The van der Waals surface area contributed by atoms with Crippen LogP contribution >= 0.6 is 12.2 Å². The molecule has 122 valence electrons. The van der Waals surface area contributed by atoms with Gasteiger partial charge in [0.05, 0.1) is 5.56 Å². The van der Waals surface area contributed by atoms with Gasteiger partial charge in [-0.2, -0.15) is 5.10 Å². The second-order valence-corrected chi connectivity index (χ2v) is 4.96. The molecule has 0 bridgehead atoms. The van der Waals surface area contributed by atoms with Crippen LogP contribution in [0.3, 0.4) is 0 Å². The van der Waals surface area contributed by atoms with Crippen molar-refractivity contribution in [1.29, 1.82) is 0 Å². The molecule has 0 radical (unpaired) electrons. The number of carbonyl (C=O) groups excluding carboxylic acids is 1. The smallest absolute Gasteiger partial charge is 0.268 e. The van der Waals surface area contributed by atoms with E-state index in [4.69, 9.17) is 12.2 Å². The van der Waals surface area contributed by atoms with Crippen LogP contribution in [0.15, 0.2) is 30.6 Å². The predicted molar refractivity (Wildman–Crippen MR) is 76.6 cm³/mol. The Morgan fingerprint density at radius 3 is 2.42 bits per heavy atom. The van der Waals surface area contributed by atoms with Gasteiger partial charge in [0.2, 0.25) is 4.77 Å². The Morgan fingerprint density at radius 1 is 1.08 bits per heavy atom. The van der Waals surface area contributed by atoms with Crippen molar-refractivity contribution in [2.24, 2.45) is 0 Å². The standard InChI is InChI=1S/C14H6F4N4OS/c15-8-5-7(9(16)11(18)10(8)17)13(23)22-12(20-21-14(22)24)6-1-3-19-4-2-6/h1-5H,(H,21,24). The van der Waals surface area contributed by atoms with Gasteiger partial charge in [0.15, 0.2) is 29.1 Å². The van der Waals surface area contributed by atoms with E-state index >= 15 is 0 Å². The summed E-state index contributed by atoms with van der Waals surface area (Å²) in [5.41, 5.74) is -0.617. The van der Waals surface area contributed by atoms with Crippen molar-refractivity contribution in [2.45, 2.75) is 0 Å². The van der Waals surface area contributed by atoms with Gasteiger partial charge in [-0.25, -0.2) is 22.1 Å². The van der Waals surface area contributed by atoms with Crippen LogP contribution in [-0.2, 0) is 0 Å². The minimum Gasteiger partial charge on any atom is -0.268 e. The second kappa shape index (κ2) is 5.96. The molecule has 0 saturated heterocycles. The molecule has 0 amide bonds. The van der Waals surface area contributed by atoms with E-state index in [9.17, 15) is 22.4 Å². The Bertz CT molecular complexity index is 1000. The minimum absolute atomic E-state index is 0.0167. The first-order valence-corrected chi connectivity index (χ1v) is 6.78. The molecule has 0 aliphatic heterocycles. The lowest BCUT2D eigenvalue weighted by atomic mass is 10.1. The van der Waals surface area contributed by atoms with Gasteiger partial charge in [0, 0.05) is 18.0 Å². The van der Waals surface area contributed by atoms with Crippen LogP contribution in [0.4, 0.5) is 17.6 Å². The molecule has 1 N–H and O–H groups in total. The third-order valence-corrected chi connectivity index (χ3v) is 3.42. The largest absolute Gasteiger partial charge is 0.269 e. The van der Waals surface area contributed by atoms with Gasteiger partial charge in [-0.15, -0.1) is 0 Å². The zero-order chi connectivity index (χ0) is 17.4. The molecular formula is C14H6F4N4OS.